The van der Waals surface area contributed by atoms with Crippen molar-refractivity contribution in [1.29, 1.82) is 0 Å². The van der Waals surface area contributed by atoms with Crippen LogP contribution in [0.1, 0.15) is 10.4 Å². The summed E-state index contributed by atoms with van der Waals surface area (Å²) in [5, 5.41) is 0. The summed E-state index contributed by atoms with van der Waals surface area (Å²) in [6, 6.07) is 21.4. The average molecular weight is 482 g/mol. The fourth-order valence-electron chi connectivity index (χ4n) is 3.10. The van der Waals surface area contributed by atoms with Crippen molar-refractivity contribution < 1.29 is 22.7 Å². The second-order valence-electron chi connectivity index (χ2n) is 6.93. The highest BCUT2D eigenvalue weighted by atomic mass is 32.2. The first-order chi connectivity index (χ1) is 15.9. The van der Waals surface area contributed by atoms with E-state index in [4.69, 9.17) is 4.74 Å². The first kappa shape index (κ1) is 22.4. The first-order valence-corrected chi connectivity index (χ1v) is 12.1. The molecule has 168 valence electrons. The predicted octanol–water partition coefficient (Wildman–Crippen LogP) is 3.42. The van der Waals surface area contributed by atoms with Crippen LogP contribution < -0.4 is 9.52 Å². The summed E-state index contributed by atoms with van der Waals surface area (Å²) in [6.07, 6.45) is 0. The number of nitrogens with one attached hydrogen (secondary N) is 1. The van der Waals surface area contributed by atoms with Crippen LogP contribution in [0.15, 0.2) is 88.8 Å². The summed E-state index contributed by atoms with van der Waals surface area (Å²) >= 11 is 1.28. The molecule has 0 aliphatic carbocycles. The number of sulfonamides is 1. The van der Waals surface area contributed by atoms with Gasteiger partial charge in [0.2, 0.25) is 0 Å². The molecule has 0 aliphatic heterocycles. The van der Waals surface area contributed by atoms with Gasteiger partial charge in [-0.3, -0.25) is 14.3 Å². The molecular formula is C23H19N3O5S2. The molecule has 0 aliphatic rings. The SMILES string of the molecule is COC(=O)Cn1c(=NC(=O)c2ccc(NS(=O)(=O)c3ccccc3)cc2)sc2ccccc21. The fourth-order valence-corrected chi connectivity index (χ4v) is 5.21. The third-order valence-corrected chi connectivity index (χ3v) is 7.19. The zero-order valence-electron chi connectivity index (χ0n) is 17.5. The third-order valence-electron chi connectivity index (χ3n) is 4.74. The van der Waals surface area contributed by atoms with Crippen molar-refractivity contribution in [2.75, 3.05) is 11.8 Å². The number of carbonyl (C=O) groups is 2. The van der Waals surface area contributed by atoms with E-state index in [2.05, 4.69) is 9.71 Å². The number of nitrogens with zero attached hydrogens (tertiary/aromatic N) is 2. The van der Waals surface area contributed by atoms with Gasteiger partial charge in [0.1, 0.15) is 6.54 Å². The molecule has 0 fully saturated rings. The Labute approximate surface area is 193 Å². The number of rotatable bonds is 6. The van der Waals surface area contributed by atoms with Crippen molar-refractivity contribution in [2.45, 2.75) is 11.4 Å². The highest BCUT2D eigenvalue weighted by Gasteiger charge is 2.15. The van der Waals surface area contributed by atoms with E-state index < -0.39 is 21.9 Å². The molecule has 1 aromatic heterocycles. The number of methoxy groups -OCH3 is 1. The Kier molecular flexibility index (Phi) is 6.38. The molecule has 33 heavy (non-hydrogen) atoms. The van der Waals surface area contributed by atoms with Gasteiger partial charge in [-0.2, -0.15) is 4.99 Å². The van der Waals surface area contributed by atoms with Crippen molar-refractivity contribution in [2.24, 2.45) is 4.99 Å². The van der Waals surface area contributed by atoms with Crippen molar-refractivity contribution in [3.63, 3.8) is 0 Å². The van der Waals surface area contributed by atoms with E-state index in [0.717, 1.165) is 10.2 Å². The minimum absolute atomic E-state index is 0.0766. The van der Waals surface area contributed by atoms with E-state index in [1.807, 2.05) is 24.3 Å². The number of thiazole rings is 1. The summed E-state index contributed by atoms with van der Waals surface area (Å²) < 4.78 is 34.7. The molecule has 0 radical (unpaired) electrons. The Morgan fingerprint density at radius 3 is 2.33 bits per heavy atom. The van der Waals surface area contributed by atoms with E-state index in [9.17, 15) is 18.0 Å². The lowest BCUT2D eigenvalue weighted by Crippen LogP contribution is -2.22. The minimum atomic E-state index is -3.73. The van der Waals surface area contributed by atoms with Gasteiger partial charge < -0.3 is 9.30 Å². The van der Waals surface area contributed by atoms with Crippen LogP contribution in [0.3, 0.4) is 0 Å². The van der Waals surface area contributed by atoms with E-state index in [-0.39, 0.29) is 17.0 Å². The molecule has 0 saturated heterocycles. The highest BCUT2D eigenvalue weighted by molar-refractivity contribution is 7.92. The summed E-state index contributed by atoms with van der Waals surface area (Å²) in [4.78, 5) is 29.4. The zero-order chi connectivity index (χ0) is 23.4. The molecule has 0 atom stereocenters. The van der Waals surface area contributed by atoms with Gasteiger partial charge in [-0.1, -0.05) is 41.7 Å². The van der Waals surface area contributed by atoms with E-state index in [1.54, 1.807) is 22.8 Å². The number of amides is 1. The predicted molar refractivity (Wildman–Crippen MR) is 125 cm³/mol. The minimum Gasteiger partial charge on any atom is -0.468 e. The summed E-state index contributed by atoms with van der Waals surface area (Å²) in [5.41, 5.74) is 1.36. The van der Waals surface area contributed by atoms with E-state index >= 15 is 0 Å². The average Bonchev–Trinajstić information content (AvgIpc) is 3.16. The van der Waals surface area contributed by atoms with Crippen LogP contribution in [0.25, 0.3) is 10.2 Å². The Morgan fingerprint density at radius 2 is 1.64 bits per heavy atom. The number of ether oxygens (including phenoxy) is 1. The number of hydrogen-bond acceptors (Lipinski definition) is 6. The molecule has 10 heteroatoms. The summed E-state index contributed by atoms with van der Waals surface area (Å²) in [6.45, 7) is -0.0766. The van der Waals surface area contributed by atoms with Crippen molar-refractivity contribution >= 4 is 49.1 Å². The van der Waals surface area contributed by atoms with Crippen LogP contribution >= 0.6 is 11.3 Å². The Bertz CT molecular complexity index is 1490. The van der Waals surface area contributed by atoms with Crippen molar-refractivity contribution in [3.05, 3.63) is 89.2 Å². The number of hydrogen-bond donors (Lipinski definition) is 1. The summed E-state index contributed by atoms with van der Waals surface area (Å²) in [7, 11) is -2.43. The maximum atomic E-state index is 12.8. The quantitative estimate of drug-likeness (QED) is 0.425. The zero-order valence-corrected chi connectivity index (χ0v) is 19.1. The molecule has 1 heterocycles. The Balaban J connectivity index is 1.61. The van der Waals surface area contributed by atoms with E-state index in [1.165, 1.54) is 54.8 Å². The fraction of sp³-hybridized carbons (Fsp3) is 0.0870. The molecule has 1 amide bonds. The topological polar surface area (TPSA) is 107 Å². The maximum absolute atomic E-state index is 12.8. The van der Waals surface area contributed by atoms with Crippen LogP contribution in [-0.4, -0.2) is 32.0 Å². The smallest absolute Gasteiger partial charge is 0.325 e. The van der Waals surface area contributed by atoms with Crippen molar-refractivity contribution in [3.8, 4) is 0 Å². The van der Waals surface area contributed by atoms with Gasteiger partial charge >= 0.3 is 5.97 Å². The molecule has 4 aromatic rings. The largest absolute Gasteiger partial charge is 0.468 e. The second-order valence-corrected chi connectivity index (χ2v) is 9.62. The van der Waals surface area contributed by atoms with E-state index in [0.29, 0.717) is 10.5 Å². The molecule has 0 bridgehead atoms. The molecule has 1 N–H and O–H groups in total. The lowest BCUT2D eigenvalue weighted by Gasteiger charge is -2.08. The van der Waals surface area contributed by atoms with Crippen LogP contribution in [0.2, 0.25) is 0 Å². The molecular weight excluding hydrogens is 462 g/mol. The van der Waals surface area contributed by atoms with Gasteiger partial charge in [0, 0.05) is 11.3 Å². The maximum Gasteiger partial charge on any atom is 0.325 e. The molecule has 0 saturated carbocycles. The standard InChI is InChI=1S/C23H19N3O5S2/c1-31-21(27)15-26-19-9-5-6-10-20(19)32-23(26)24-22(28)16-11-13-17(14-12-16)25-33(29,30)18-7-3-2-4-8-18/h2-14,25H,15H2,1H3. The van der Waals surface area contributed by atoms with Crippen LogP contribution in [-0.2, 0) is 26.1 Å². The van der Waals surface area contributed by atoms with Gasteiger partial charge in [-0.15, -0.1) is 0 Å². The molecule has 4 rings (SSSR count). The van der Waals surface area contributed by atoms with Gasteiger partial charge in [-0.05, 0) is 48.5 Å². The normalized spacial score (nSPS) is 12.0. The molecule has 0 unspecified atom stereocenters. The van der Waals surface area contributed by atoms with Gasteiger partial charge in [0.15, 0.2) is 4.80 Å². The molecule has 3 aromatic carbocycles. The van der Waals surface area contributed by atoms with Gasteiger partial charge in [0.05, 0.1) is 22.2 Å². The number of carbonyl (C=O) groups excluding carboxylic acids is 2. The Hall–Kier alpha value is -3.76. The van der Waals surface area contributed by atoms with Gasteiger partial charge in [-0.25, -0.2) is 8.42 Å². The molecule has 8 nitrogen and oxygen atoms in total. The highest BCUT2D eigenvalue weighted by Crippen LogP contribution is 2.18. The number of esters is 1. The summed E-state index contributed by atoms with van der Waals surface area (Å²) in [5.74, 6) is -0.972. The van der Waals surface area contributed by atoms with Crippen molar-refractivity contribution in [1.82, 2.24) is 4.57 Å². The molecule has 0 spiro atoms. The number of fused-ring (bicyclic) bond motifs is 1. The lowest BCUT2D eigenvalue weighted by atomic mass is 10.2. The number of para-hydroxylation sites is 1. The first-order valence-electron chi connectivity index (χ1n) is 9.79. The lowest BCUT2D eigenvalue weighted by molar-refractivity contribution is -0.141. The Morgan fingerprint density at radius 1 is 0.970 bits per heavy atom. The van der Waals surface area contributed by atoms with Gasteiger partial charge in [0.25, 0.3) is 15.9 Å². The van der Waals surface area contributed by atoms with Crippen LogP contribution in [0.4, 0.5) is 5.69 Å². The van der Waals surface area contributed by atoms with Crippen LogP contribution in [0.5, 0.6) is 0 Å². The number of anilines is 1. The monoisotopic (exact) mass is 481 g/mol. The number of benzene rings is 3. The number of aromatic nitrogens is 1. The van der Waals surface area contributed by atoms with Crippen LogP contribution in [0, 0.1) is 0 Å². The second kappa shape index (κ2) is 9.39. The third kappa shape index (κ3) is 5.02.